The van der Waals surface area contributed by atoms with Gasteiger partial charge in [-0.1, -0.05) is 51.5 Å². The van der Waals surface area contributed by atoms with Gasteiger partial charge in [-0.2, -0.15) is 8.42 Å². The van der Waals surface area contributed by atoms with E-state index in [1.807, 2.05) is 53.7 Å². The lowest BCUT2D eigenvalue weighted by atomic mass is 9.83. The molecule has 8 nitrogen and oxygen atoms in total. The summed E-state index contributed by atoms with van der Waals surface area (Å²) in [6.45, 7) is 13.4. The molecule has 1 aromatic rings. The predicted molar refractivity (Wildman–Crippen MR) is 165 cm³/mol. The lowest BCUT2D eigenvalue weighted by molar-refractivity contribution is -0.173. The third kappa shape index (κ3) is 17.2. The summed E-state index contributed by atoms with van der Waals surface area (Å²) >= 11 is 3.54. The molecule has 0 spiro atoms. The largest absolute Gasteiger partial charge is 0.492 e. The molecule has 0 amide bonds. The highest BCUT2D eigenvalue weighted by Gasteiger charge is 2.38. The van der Waals surface area contributed by atoms with Gasteiger partial charge >= 0.3 is 11.9 Å². The van der Waals surface area contributed by atoms with Crippen molar-refractivity contribution in [1.29, 1.82) is 0 Å². The van der Waals surface area contributed by atoms with Gasteiger partial charge in [0.1, 0.15) is 17.0 Å². The summed E-state index contributed by atoms with van der Waals surface area (Å²) in [5.41, 5.74) is -0.534. The van der Waals surface area contributed by atoms with Crippen LogP contribution in [0.1, 0.15) is 105 Å². The Bertz CT molecular complexity index is 1060. The van der Waals surface area contributed by atoms with Crippen molar-refractivity contribution in [3.05, 3.63) is 28.2 Å². The highest BCUT2D eigenvalue weighted by atomic mass is 79.9. The number of hydrogen-bond donors (Lipinski definition) is 0. The fourth-order valence-corrected chi connectivity index (χ4v) is 5.23. The Kier molecular flexibility index (Phi) is 15.9. The topological polar surface area (TPSA) is 105 Å². The van der Waals surface area contributed by atoms with Crippen LogP contribution >= 0.6 is 15.9 Å². The first-order chi connectivity index (χ1) is 18.9. The number of rotatable bonds is 18. The van der Waals surface area contributed by atoms with E-state index in [-0.39, 0.29) is 19.2 Å². The number of ether oxygens (including phenoxy) is 3. The Labute approximate surface area is 256 Å². The second-order valence-corrected chi connectivity index (χ2v) is 15.0. The molecule has 0 saturated heterocycles. The third-order valence-electron chi connectivity index (χ3n) is 6.07. The lowest BCUT2D eigenvalue weighted by Crippen LogP contribution is -2.39. The minimum atomic E-state index is -3.48. The van der Waals surface area contributed by atoms with Crippen molar-refractivity contribution < 1.29 is 36.4 Å². The van der Waals surface area contributed by atoms with Crippen molar-refractivity contribution in [2.75, 3.05) is 19.5 Å². The van der Waals surface area contributed by atoms with Crippen LogP contribution in [-0.2, 0) is 39.8 Å². The van der Waals surface area contributed by atoms with Gasteiger partial charge in [-0.15, -0.1) is 0 Å². The molecule has 2 atom stereocenters. The highest BCUT2D eigenvalue weighted by molar-refractivity contribution is 9.10. The van der Waals surface area contributed by atoms with Crippen molar-refractivity contribution in [1.82, 2.24) is 0 Å². The van der Waals surface area contributed by atoms with Crippen LogP contribution in [0.4, 0.5) is 0 Å². The third-order valence-corrected chi connectivity index (χ3v) is 7.28. The van der Waals surface area contributed by atoms with E-state index >= 15 is 0 Å². The van der Waals surface area contributed by atoms with Gasteiger partial charge in [-0.3, -0.25) is 13.8 Å². The fraction of sp³-hybridized carbons (Fsp3) is 0.742. The summed E-state index contributed by atoms with van der Waals surface area (Å²) in [6.07, 6.45) is 8.69. The molecule has 0 bridgehead atoms. The van der Waals surface area contributed by atoms with Gasteiger partial charge in [-0.25, -0.2) is 0 Å². The van der Waals surface area contributed by atoms with Crippen molar-refractivity contribution in [3.63, 3.8) is 0 Å². The molecule has 0 radical (unpaired) electrons. The van der Waals surface area contributed by atoms with Crippen LogP contribution in [0.25, 0.3) is 0 Å². The van der Waals surface area contributed by atoms with Crippen LogP contribution in [0.3, 0.4) is 0 Å². The zero-order chi connectivity index (χ0) is 31.3. The van der Waals surface area contributed by atoms with Gasteiger partial charge in [0.05, 0.1) is 35.8 Å². The summed E-state index contributed by atoms with van der Waals surface area (Å²) in [7, 11) is -3.48. The van der Waals surface area contributed by atoms with Gasteiger partial charge < -0.3 is 14.2 Å². The minimum absolute atomic E-state index is 0.0385. The number of carbonyl (C=O) groups excluding carboxylic acids is 2. The molecule has 0 fully saturated rings. The number of halogens is 1. The van der Waals surface area contributed by atoms with E-state index in [2.05, 4.69) is 22.9 Å². The molecule has 0 N–H and O–H groups in total. The maximum atomic E-state index is 13.6. The Morgan fingerprint density at radius 1 is 0.829 bits per heavy atom. The summed E-state index contributed by atoms with van der Waals surface area (Å²) < 4.78 is 45.0. The van der Waals surface area contributed by atoms with Crippen LogP contribution in [0.15, 0.2) is 22.7 Å². The van der Waals surface area contributed by atoms with Crippen molar-refractivity contribution in [3.8, 4) is 5.75 Å². The molecule has 0 aromatic heterocycles. The van der Waals surface area contributed by atoms with Crippen molar-refractivity contribution >= 4 is 38.0 Å². The summed E-state index contributed by atoms with van der Waals surface area (Å²) in [5, 5.41) is 0. The second kappa shape index (κ2) is 17.5. The molecular formula is C31H51BrO8S. The number of esters is 2. The average Bonchev–Trinajstić information content (AvgIpc) is 2.80. The summed E-state index contributed by atoms with van der Waals surface area (Å²) in [6, 6.07) is 5.52. The Morgan fingerprint density at radius 3 is 1.93 bits per heavy atom. The Balaban J connectivity index is 3.14. The normalized spacial score (nSPS) is 13.9. The van der Waals surface area contributed by atoms with Gasteiger partial charge in [0.25, 0.3) is 10.1 Å². The molecule has 10 heteroatoms. The SMILES string of the molecule is CCCCCCCCC(C(=O)OC(C)(C)C)C(Cc1ccc(OCCCOS(C)(=O)=O)c(Br)c1)C(=O)OC(C)(C)C. The van der Waals surface area contributed by atoms with Crippen LogP contribution in [0.5, 0.6) is 5.75 Å². The van der Waals surface area contributed by atoms with Gasteiger partial charge in [0.2, 0.25) is 0 Å². The molecule has 0 aliphatic heterocycles. The molecule has 0 heterocycles. The lowest BCUT2D eigenvalue weighted by Gasteiger charge is -2.30. The quantitative estimate of drug-likeness (QED) is 0.0909. The second-order valence-electron chi connectivity index (χ2n) is 12.5. The number of unbranched alkanes of at least 4 members (excludes halogenated alkanes) is 5. The molecule has 0 aliphatic carbocycles. The van der Waals surface area contributed by atoms with Crippen molar-refractivity contribution in [2.24, 2.45) is 11.8 Å². The molecule has 2 unspecified atom stereocenters. The number of benzene rings is 1. The van der Waals surface area contributed by atoms with E-state index in [1.54, 1.807) is 6.07 Å². The van der Waals surface area contributed by atoms with E-state index in [1.165, 1.54) is 6.42 Å². The van der Waals surface area contributed by atoms with Gasteiger partial charge in [0.15, 0.2) is 0 Å². The van der Waals surface area contributed by atoms with Gasteiger partial charge in [0, 0.05) is 6.42 Å². The molecule has 0 saturated carbocycles. The molecule has 1 rings (SSSR count). The minimum Gasteiger partial charge on any atom is -0.492 e. The molecular weight excluding hydrogens is 612 g/mol. The first kappa shape index (κ1) is 37.4. The number of carbonyl (C=O) groups is 2. The van der Waals surface area contributed by atoms with Crippen LogP contribution in [-0.4, -0.2) is 51.0 Å². The fourth-order valence-electron chi connectivity index (χ4n) is 4.27. The van der Waals surface area contributed by atoms with Crippen LogP contribution in [0.2, 0.25) is 0 Å². The van der Waals surface area contributed by atoms with Gasteiger partial charge in [-0.05, 0) is 88.0 Å². The van der Waals surface area contributed by atoms with E-state index < -0.39 is 39.1 Å². The summed E-state index contributed by atoms with van der Waals surface area (Å²) in [5.74, 6) is -1.57. The van der Waals surface area contributed by atoms with E-state index in [9.17, 15) is 18.0 Å². The predicted octanol–water partition coefficient (Wildman–Crippen LogP) is 7.40. The van der Waals surface area contributed by atoms with Crippen molar-refractivity contribution in [2.45, 2.75) is 117 Å². The zero-order valence-corrected chi connectivity index (χ0v) is 28.6. The number of hydrogen-bond acceptors (Lipinski definition) is 8. The standard InChI is InChI=1S/C31H51BrO8S/c1-9-10-11-12-13-14-16-24(28(33)39-30(2,3)4)25(29(34)40-31(5,6)7)21-23-17-18-27(26(32)22-23)37-19-15-20-38-41(8,35)36/h17-18,22,24-25H,9-16,19-21H2,1-8H3. The molecule has 1 aromatic carbocycles. The maximum Gasteiger partial charge on any atom is 0.310 e. The first-order valence-corrected chi connectivity index (χ1v) is 17.2. The Morgan fingerprint density at radius 2 is 1.39 bits per heavy atom. The van der Waals surface area contributed by atoms with E-state index in [0.29, 0.717) is 29.5 Å². The molecule has 236 valence electrons. The Hall–Kier alpha value is -1.65. The molecule has 41 heavy (non-hydrogen) atoms. The molecule has 0 aliphatic rings. The van der Waals surface area contributed by atoms with E-state index in [4.69, 9.17) is 18.4 Å². The zero-order valence-electron chi connectivity index (χ0n) is 26.2. The smallest absolute Gasteiger partial charge is 0.310 e. The van der Waals surface area contributed by atoms with Crippen LogP contribution < -0.4 is 4.74 Å². The maximum absolute atomic E-state index is 13.6. The first-order valence-electron chi connectivity index (χ1n) is 14.6. The summed E-state index contributed by atoms with van der Waals surface area (Å²) in [4.78, 5) is 27.0. The monoisotopic (exact) mass is 662 g/mol. The van der Waals surface area contributed by atoms with E-state index in [0.717, 1.165) is 43.9 Å². The average molecular weight is 664 g/mol. The van der Waals surface area contributed by atoms with Crippen LogP contribution in [0, 0.1) is 11.8 Å². The highest BCUT2D eigenvalue weighted by Crippen LogP contribution is 2.32.